The summed E-state index contributed by atoms with van der Waals surface area (Å²) in [5.74, 6) is 0.664. The third-order valence-corrected chi connectivity index (χ3v) is 5.08. The molecule has 2 aliphatic rings. The summed E-state index contributed by atoms with van der Waals surface area (Å²) in [7, 11) is -3.49. The van der Waals surface area contributed by atoms with Crippen molar-refractivity contribution in [3.8, 4) is 0 Å². The number of sulfonamides is 1. The van der Waals surface area contributed by atoms with Gasteiger partial charge in [-0.2, -0.15) is 0 Å². The Kier molecular flexibility index (Phi) is 3.12. The standard InChI is InChI=1S/C11H17N3O4S/c1-6-4-7(13-18-6)5-19(15,16)14-10-9(12)8-2-3-17-11(8)10/h4,8-11,14H,2-3,5,12H2,1H3. The Morgan fingerprint density at radius 3 is 3.05 bits per heavy atom. The molecule has 3 rings (SSSR count). The van der Waals surface area contributed by atoms with E-state index in [-0.39, 0.29) is 29.9 Å². The van der Waals surface area contributed by atoms with Crippen LogP contribution in [0, 0.1) is 12.8 Å². The maximum atomic E-state index is 12.0. The summed E-state index contributed by atoms with van der Waals surface area (Å²) >= 11 is 0. The number of aryl methyl sites for hydroxylation is 1. The number of nitrogens with zero attached hydrogens (tertiary/aromatic N) is 1. The molecule has 106 valence electrons. The molecular weight excluding hydrogens is 270 g/mol. The van der Waals surface area contributed by atoms with Crippen LogP contribution in [0.5, 0.6) is 0 Å². The zero-order valence-corrected chi connectivity index (χ0v) is 11.4. The largest absolute Gasteiger partial charge is 0.376 e. The Bertz CT molecular complexity index is 570. The third-order valence-electron chi connectivity index (χ3n) is 3.78. The molecule has 2 fully saturated rings. The first kappa shape index (κ1) is 13.0. The molecule has 0 amide bonds. The Morgan fingerprint density at radius 1 is 1.58 bits per heavy atom. The Morgan fingerprint density at radius 2 is 2.37 bits per heavy atom. The van der Waals surface area contributed by atoms with Gasteiger partial charge in [-0.15, -0.1) is 0 Å². The fraction of sp³-hybridized carbons (Fsp3) is 0.727. The van der Waals surface area contributed by atoms with E-state index < -0.39 is 10.0 Å². The van der Waals surface area contributed by atoms with Gasteiger partial charge in [0.2, 0.25) is 10.0 Å². The smallest absolute Gasteiger partial charge is 0.217 e. The summed E-state index contributed by atoms with van der Waals surface area (Å²) in [5.41, 5.74) is 6.36. The van der Waals surface area contributed by atoms with Gasteiger partial charge in [0.1, 0.15) is 17.2 Å². The molecule has 1 aromatic rings. The predicted molar refractivity (Wildman–Crippen MR) is 66.6 cm³/mol. The molecule has 7 nitrogen and oxygen atoms in total. The molecule has 2 heterocycles. The van der Waals surface area contributed by atoms with Crippen molar-refractivity contribution in [3.05, 3.63) is 17.5 Å². The monoisotopic (exact) mass is 287 g/mol. The fourth-order valence-corrected chi connectivity index (χ4v) is 4.14. The van der Waals surface area contributed by atoms with Crippen molar-refractivity contribution in [2.24, 2.45) is 11.7 Å². The van der Waals surface area contributed by atoms with Crippen LogP contribution in [-0.4, -0.2) is 38.4 Å². The van der Waals surface area contributed by atoms with E-state index in [9.17, 15) is 8.42 Å². The van der Waals surface area contributed by atoms with E-state index in [0.717, 1.165) is 6.42 Å². The van der Waals surface area contributed by atoms with Crippen molar-refractivity contribution >= 4 is 10.0 Å². The molecule has 1 saturated carbocycles. The van der Waals surface area contributed by atoms with Gasteiger partial charge in [0, 0.05) is 24.6 Å². The summed E-state index contributed by atoms with van der Waals surface area (Å²) in [6.07, 6.45) is 0.829. The minimum Gasteiger partial charge on any atom is -0.376 e. The van der Waals surface area contributed by atoms with Gasteiger partial charge in [0.15, 0.2) is 0 Å². The molecule has 8 heteroatoms. The molecule has 1 saturated heterocycles. The summed E-state index contributed by atoms with van der Waals surface area (Å²) in [6, 6.07) is 1.11. The second-order valence-corrected chi connectivity index (χ2v) is 6.95. The molecule has 0 radical (unpaired) electrons. The molecule has 0 bridgehead atoms. The average molecular weight is 287 g/mol. The van der Waals surface area contributed by atoms with Crippen LogP contribution in [0.1, 0.15) is 17.9 Å². The van der Waals surface area contributed by atoms with E-state index in [1.54, 1.807) is 13.0 Å². The number of fused-ring (bicyclic) bond motifs is 1. The first-order valence-electron chi connectivity index (χ1n) is 6.26. The van der Waals surface area contributed by atoms with Gasteiger partial charge in [0.05, 0.1) is 12.1 Å². The van der Waals surface area contributed by atoms with Crippen molar-refractivity contribution in [1.82, 2.24) is 9.88 Å². The van der Waals surface area contributed by atoms with Crippen LogP contribution in [0.25, 0.3) is 0 Å². The molecule has 4 atom stereocenters. The van der Waals surface area contributed by atoms with Crippen molar-refractivity contribution in [1.29, 1.82) is 0 Å². The lowest BCUT2D eigenvalue weighted by Gasteiger charge is -2.45. The predicted octanol–water partition coefficient (Wildman–Crippen LogP) is -0.483. The van der Waals surface area contributed by atoms with Gasteiger partial charge < -0.3 is 15.0 Å². The van der Waals surface area contributed by atoms with Crippen LogP contribution >= 0.6 is 0 Å². The van der Waals surface area contributed by atoms with Crippen LogP contribution in [0.3, 0.4) is 0 Å². The van der Waals surface area contributed by atoms with Crippen molar-refractivity contribution in [2.45, 2.75) is 37.3 Å². The lowest BCUT2D eigenvalue weighted by atomic mass is 9.73. The minimum absolute atomic E-state index is 0.0798. The molecular formula is C11H17N3O4S. The number of nitrogens with two attached hydrogens (primary N) is 1. The first-order valence-corrected chi connectivity index (χ1v) is 7.91. The molecule has 0 spiro atoms. The van der Waals surface area contributed by atoms with Gasteiger partial charge in [-0.1, -0.05) is 5.16 Å². The normalized spacial score (nSPS) is 34.0. The highest BCUT2D eigenvalue weighted by Crippen LogP contribution is 2.38. The van der Waals surface area contributed by atoms with Gasteiger partial charge >= 0.3 is 0 Å². The SMILES string of the molecule is Cc1cc(CS(=O)(=O)NC2C(N)C3CCOC32)no1. The first-order chi connectivity index (χ1) is 8.96. The topological polar surface area (TPSA) is 107 Å². The number of rotatable bonds is 4. The number of hydrogen-bond acceptors (Lipinski definition) is 6. The minimum atomic E-state index is -3.49. The summed E-state index contributed by atoms with van der Waals surface area (Å²) in [5, 5.41) is 3.68. The van der Waals surface area contributed by atoms with Crippen LogP contribution in [-0.2, 0) is 20.5 Å². The number of hydrogen-bond donors (Lipinski definition) is 2. The van der Waals surface area contributed by atoms with Gasteiger partial charge in [0.25, 0.3) is 0 Å². The second-order valence-electron chi connectivity index (χ2n) is 5.20. The van der Waals surface area contributed by atoms with E-state index in [2.05, 4.69) is 9.88 Å². The van der Waals surface area contributed by atoms with Crippen molar-refractivity contribution in [2.75, 3.05) is 6.61 Å². The molecule has 4 unspecified atom stereocenters. The average Bonchev–Trinajstić information content (AvgIpc) is 2.92. The highest BCUT2D eigenvalue weighted by molar-refractivity contribution is 7.88. The molecule has 19 heavy (non-hydrogen) atoms. The molecule has 0 aromatic carbocycles. The van der Waals surface area contributed by atoms with Gasteiger partial charge in [-0.05, 0) is 13.3 Å². The van der Waals surface area contributed by atoms with E-state index in [1.807, 2.05) is 0 Å². The van der Waals surface area contributed by atoms with Gasteiger partial charge in [-0.3, -0.25) is 0 Å². The zero-order chi connectivity index (χ0) is 13.6. The highest BCUT2D eigenvalue weighted by Gasteiger charge is 2.53. The van der Waals surface area contributed by atoms with Crippen molar-refractivity contribution in [3.63, 3.8) is 0 Å². The lowest BCUT2D eigenvalue weighted by Crippen LogP contribution is -2.68. The Labute approximate surface area is 111 Å². The second kappa shape index (κ2) is 4.55. The number of nitrogens with one attached hydrogen (secondary N) is 1. The van der Waals surface area contributed by atoms with E-state index in [4.69, 9.17) is 15.0 Å². The van der Waals surface area contributed by atoms with E-state index >= 15 is 0 Å². The van der Waals surface area contributed by atoms with Crippen molar-refractivity contribution < 1.29 is 17.7 Å². The quantitative estimate of drug-likeness (QED) is 0.774. The van der Waals surface area contributed by atoms with Crippen LogP contribution in [0.4, 0.5) is 0 Å². The Balaban J connectivity index is 1.65. The number of ether oxygens (including phenoxy) is 1. The lowest BCUT2D eigenvalue weighted by molar-refractivity contribution is -0.00926. The summed E-state index contributed by atoms with van der Waals surface area (Å²) < 4.78 is 37.0. The van der Waals surface area contributed by atoms with Gasteiger partial charge in [-0.25, -0.2) is 13.1 Å². The van der Waals surface area contributed by atoms with Crippen LogP contribution < -0.4 is 10.5 Å². The third kappa shape index (κ3) is 2.40. The van der Waals surface area contributed by atoms with E-state index in [1.165, 1.54) is 0 Å². The summed E-state index contributed by atoms with van der Waals surface area (Å²) in [4.78, 5) is 0. The maximum absolute atomic E-state index is 12.0. The zero-order valence-electron chi connectivity index (χ0n) is 10.6. The van der Waals surface area contributed by atoms with Crippen LogP contribution in [0.15, 0.2) is 10.6 Å². The molecule has 1 aliphatic carbocycles. The van der Waals surface area contributed by atoms with Crippen LogP contribution in [0.2, 0.25) is 0 Å². The Hall–Kier alpha value is -0.960. The molecule has 3 N–H and O–H groups in total. The molecule has 1 aromatic heterocycles. The fourth-order valence-electron chi connectivity index (χ4n) is 2.82. The van der Waals surface area contributed by atoms with E-state index in [0.29, 0.717) is 18.1 Å². The number of aromatic nitrogens is 1. The highest BCUT2D eigenvalue weighted by atomic mass is 32.2. The summed E-state index contributed by atoms with van der Waals surface area (Å²) in [6.45, 7) is 2.37. The molecule has 1 aliphatic heterocycles. The maximum Gasteiger partial charge on any atom is 0.217 e.